The predicted molar refractivity (Wildman–Crippen MR) is 113 cm³/mol. The van der Waals surface area contributed by atoms with Gasteiger partial charge in [0.25, 0.3) is 0 Å². The number of unbranched alkanes of at least 4 members (excludes halogenated alkanes) is 2. The second-order valence-corrected chi connectivity index (χ2v) is 10.5. The number of rotatable bonds is 8. The Morgan fingerprint density at radius 3 is 1.58 bits per heavy atom. The molecule has 0 atom stereocenters. The van der Waals surface area contributed by atoms with Gasteiger partial charge >= 0.3 is 0 Å². The van der Waals surface area contributed by atoms with Crippen molar-refractivity contribution in [2.24, 2.45) is 0 Å². The summed E-state index contributed by atoms with van der Waals surface area (Å²) >= 11 is 10.7. The Hall–Kier alpha value is -0.300. The fourth-order valence-corrected chi connectivity index (χ4v) is 5.78. The van der Waals surface area contributed by atoms with Crippen LogP contribution in [-0.4, -0.2) is 13.2 Å². The van der Waals surface area contributed by atoms with Gasteiger partial charge in [-0.05, 0) is 56.8 Å². The van der Waals surface area contributed by atoms with Gasteiger partial charge in [0.1, 0.15) is 11.5 Å². The second kappa shape index (κ2) is 8.39. The summed E-state index contributed by atoms with van der Waals surface area (Å²) in [7, 11) is 0. The molecule has 0 aliphatic carbocycles. The van der Waals surface area contributed by atoms with Crippen molar-refractivity contribution >= 4 is 74.7 Å². The summed E-state index contributed by atoms with van der Waals surface area (Å²) in [4.78, 5) is 0. The summed E-state index contributed by atoms with van der Waals surface area (Å²) < 4.78 is 17.0. The molecule has 0 bridgehead atoms. The number of ether oxygens (including phenoxy) is 2. The van der Waals surface area contributed by atoms with Crippen molar-refractivity contribution in [3.63, 3.8) is 0 Å². The maximum absolute atomic E-state index is 6.20. The number of hydrogen-bond donors (Lipinski definition) is 0. The summed E-state index contributed by atoms with van der Waals surface area (Å²) in [5, 5.41) is 2.30. The van der Waals surface area contributed by atoms with Gasteiger partial charge in [-0.1, -0.05) is 26.7 Å². The van der Waals surface area contributed by atoms with Crippen LogP contribution in [0.15, 0.2) is 19.7 Å². The van der Waals surface area contributed by atoms with Crippen LogP contribution in [0.1, 0.15) is 39.5 Å². The first-order valence-corrected chi connectivity index (χ1v) is 11.5. The zero-order valence-corrected chi connectivity index (χ0v) is 18.6. The average Bonchev–Trinajstić information content (AvgIpc) is 3.11. The lowest BCUT2D eigenvalue weighted by molar-refractivity contribution is 0.312. The van der Waals surface area contributed by atoms with Crippen LogP contribution in [0, 0.1) is 0 Å². The molecule has 2 aromatic heterocycles. The molecule has 6 heteroatoms. The molecule has 0 aliphatic heterocycles. The lowest BCUT2D eigenvalue weighted by Gasteiger charge is -2.13. The van der Waals surface area contributed by atoms with Crippen molar-refractivity contribution in [2.75, 3.05) is 13.2 Å². The Bertz CT molecular complexity index is 716. The molecule has 1 aromatic carbocycles. The number of halogens is 2. The Kier molecular flexibility index (Phi) is 6.46. The van der Waals surface area contributed by atoms with Crippen LogP contribution in [-0.2, 0) is 0 Å². The summed E-state index contributed by atoms with van der Waals surface area (Å²) in [6.45, 7) is 5.86. The SMILES string of the molecule is CCCCOc1c2cc(Br)sc2c(OCCCC)c2cc(Br)sc12. The van der Waals surface area contributed by atoms with Gasteiger partial charge < -0.3 is 9.47 Å². The zero-order chi connectivity index (χ0) is 17.1. The number of benzene rings is 1. The summed E-state index contributed by atoms with van der Waals surface area (Å²) in [6, 6.07) is 4.31. The van der Waals surface area contributed by atoms with Gasteiger partial charge in [-0.3, -0.25) is 0 Å². The lowest BCUT2D eigenvalue weighted by atomic mass is 10.1. The maximum atomic E-state index is 6.20. The normalized spacial score (nSPS) is 11.5. The lowest BCUT2D eigenvalue weighted by Crippen LogP contribution is -2.00. The van der Waals surface area contributed by atoms with E-state index in [-0.39, 0.29) is 0 Å². The molecule has 2 nitrogen and oxygen atoms in total. The van der Waals surface area contributed by atoms with Crippen LogP contribution >= 0.6 is 54.5 Å². The fourth-order valence-electron chi connectivity index (χ4n) is 2.56. The maximum Gasteiger partial charge on any atom is 0.146 e. The van der Waals surface area contributed by atoms with Gasteiger partial charge in [0.15, 0.2) is 0 Å². The molecule has 0 spiro atoms. The van der Waals surface area contributed by atoms with E-state index in [0.717, 1.165) is 68.7 Å². The van der Waals surface area contributed by atoms with Crippen molar-refractivity contribution in [1.29, 1.82) is 0 Å². The first-order valence-electron chi connectivity index (χ1n) is 8.25. The van der Waals surface area contributed by atoms with E-state index in [9.17, 15) is 0 Å². The van der Waals surface area contributed by atoms with Gasteiger partial charge in [0.2, 0.25) is 0 Å². The van der Waals surface area contributed by atoms with Gasteiger partial charge in [0, 0.05) is 10.8 Å². The molecule has 0 saturated carbocycles. The van der Waals surface area contributed by atoms with E-state index in [2.05, 4.69) is 57.8 Å². The van der Waals surface area contributed by atoms with Crippen molar-refractivity contribution < 1.29 is 9.47 Å². The van der Waals surface area contributed by atoms with E-state index < -0.39 is 0 Å². The van der Waals surface area contributed by atoms with Gasteiger partial charge in [-0.15, -0.1) is 22.7 Å². The van der Waals surface area contributed by atoms with Gasteiger partial charge in [-0.25, -0.2) is 0 Å². The molecular formula is C18H20Br2O2S2. The molecule has 24 heavy (non-hydrogen) atoms. The van der Waals surface area contributed by atoms with Crippen LogP contribution in [0.3, 0.4) is 0 Å². The highest BCUT2D eigenvalue weighted by Crippen LogP contribution is 2.51. The molecule has 0 aliphatic rings. The van der Waals surface area contributed by atoms with E-state index in [1.165, 1.54) is 9.40 Å². The highest BCUT2D eigenvalue weighted by atomic mass is 79.9. The first-order chi connectivity index (χ1) is 11.7. The smallest absolute Gasteiger partial charge is 0.146 e. The highest BCUT2D eigenvalue weighted by Gasteiger charge is 2.21. The molecule has 0 fully saturated rings. The number of fused-ring (bicyclic) bond motifs is 2. The standard InChI is InChI=1S/C18H20Br2O2S2/c1-3-5-7-21-15-11-9-13(19)24-18(11)16(22-8-6-4-2)12-10-14(20)23-17(12)15/h9-10H,3-8H2,1-2H3. The molecule has 3 rings (SSSR count). The molecule has 0 unspecified atom stereocenters. The van der Waals surface area contributed by atoms with Gasteiger partial charge in [0.05, 0.1) is 30.2 Å². The van der Waals surface area contributed by atoms with E-state index in [1.54, 1.807) is 22.7 Å². The first kappa shape index (κ1) is 18.5. The number of hydrogen-bond acceptors (Lipinski definition) is 4. The van der Waals surface area contributed by atoms with E-state index in [4.69, 9.17) is 9.47 Å². The topological polar surface area (TPSA) is 18.5 Å². The third-order valence-electron chi connectivity index (χ3n) is 3.79. The van der Waals surface area contributed by atoms with Gasteiger partial charge in [-0.2, -0.15) is 0 Å². The monoisotopic (exact) mass is 490 g/mol. The van der Waals surface area contributed by atoms with E-state index >= 15 is 0 Å². The van der Waals surface area contributed by atoms with Crippen LogP contribution in [0.2, 0.25) is 0 Å². The fraction of sp³-hybridized carbons (Fsp3) is 0.444. The minimum Gasteiger partial charge on any atom is -0.491 e. The van der Waals surface area contributed by atoms with Crippen LogP contribution < -0.4 is 9.47 Å². The van der Waals surface area contributed by atoms with Crippen LogP contribution in [0.4, 0.5) is 0 Å². The van der Waals surface area contributed by atoms with Crippen molar-refractivity contribution in [2.45, 2.75) is 39.5 Å². The van der Waals surface area contributed by atoms with Crippen molar-refractivity contribution in [3.8, 4) is 11.5 Å². The Labute approximate surface area is 167 Å². The zero-order valence-electron chi connectivity index (χ0n) is 13.8. The van der Waals surface area contributed by atoms with E-state index in [0.29, 0.717) is 0 Å². The minimum absolute atomic E-state index is 0.750. The number of thiophene rings is 2. The average molecular weight is 492 g/mol. The third-order valence-corrected chi connectivity index (χ3v) is 7.07. The Morgan fingerprint density at radius 1 is 0.792 bits per heavy atom. The molecule has 2 heterocycles. The highest BCUT2D eigenvalue weighted by molar-refractivity contribution is 9.11. The quantitative estimate of drug-likeness (QED) is 0.297. The second-order valence-electron chi connectivity index (χ2n) is 5.65. The predicted octanol–water partition coefficient (Wildman–Crippen LogP) is 8.00. The molecule has 0 saturated heterocycles. The summed E-state index contributed by atoms with van der Waals surface area (Å²) in [5.41, 5.74) is 0. The van der Waals surface area contributed by atoms with Crippen molar-refractivity contribution in [1.82, 2.24) is 0 Å². The Morgan fingerprint density at radius 2 is 1.21 bits per heavy atom. The van der Waals surface area contributed by atoms with Crippen LogP contribution in [0.25, 0.3) is 20.2 Å². The minimum atomic E-state index is 0.750. The van der Waals surface area contributed by atoms with Crippen LogP contribution in [0.5, 0.6) is 11.5 Å². The molecule has 130 valence electrons. The van der Waals surface area contributed by atoms with E-state index in [1.807, 2.05) is 0 Å². The molecular weight excluding hydrogens is 472 g/mol. The molecule has 0 N–H and O–H groups in total. The summed E-state index contributed by atoms with van der Waals surface area (Å²) in [5.74, 6) is 1.99. The molecule has 3 aromatic rings. The Balaban J connectivity index is 2.16. The molecule has 0 amide bonds. The largest absolute Gasteiger partial charge is 0.491 e. The third kappa shape index (κ3) is 3.76. The van der Waals surface area contributed by atoms with Crippen molar-refractivity contribution in [3.05, 3.63) is 19.7 Å². The summed E-state index contributed by atoms with van der Waals surface area (Å²) in [6.07, 6.45) is 4.39. The molecule has 0 radical (unpaired) electrons.